The average Bonchev–Trinajstić information content (AvgIpc) is 1.86. The lowest BCUT2D eigenvalue weighted by Crippen LogP contribution is -2.78. The number of hydrogen-bond donors (Lipinski definition) is 2. The minimum Gasteiger partial charge on any atom is -0.263 e. The third-order valence-corrected chi connectivity index (χ3v) is 2.22. The second kappa shape index (κ2) is 3.15. The molecule has 0 aromatic heterocycles. The summed E-state index contributed by atoms with van der Waals surface area (Å²) in [6.07, 6.45) is 2.09. The average molecular weight is 132 g/mol. The molecule has 0 aliphatic rings. The highest BCUT2D eigenvalue weighted by molar-refractivity contribution is 4.74. The predicted octanol–water partition coefficient (Wildman–Crippen LogP) is -0.102. The maximum atomic E-state index is 5.51. The van der Waals surface area contributed by atoms with Gasteiger partial charge in [0.1, 0.15) is 0 Å². The van der Waals surface area contributed by atoms with E-state index in [0.29, 0.717) is 0 Å². The monoisotopic (exact) mass is 132 g/mol. The quantitative estimate of drug-likeness (QED) is 0.416. The highest BCUT2D eigenvalue weighted by Crippen LogP contribution is 2.15. The van der Waals surface area contributed by atoms with Crippen molar-refractivity contribution in [2.75, 3.05) is 0 Å². The third kappa shape index (κ3) is 1.93. The molecule has 0 unspecified atom stereocenters. The van der Waals surface area contributed by atoms with Gasteiger partial charge in [0.15, 0.2) is 0 Å². The fourth-order valence-electron chi connectivity index (χ4n) is 0.656. The molecule has 0 aliphatic heterocycles. The maximum Gasteiger partial charge on any atom is 0.0825 e. The van der Waals surface area contributed by atoms with E-state index in [0.717, 1.165) is 12.8 Å². The Morgan fingerprint density at radius 3 is 1.78 bits per heavy atom. The van der Waals surface area contributed by atoms with Gasteiger partial charge in [-0.05, 0) is 19.8 Å². The highest BCUT2D eigenvalue weighted by Gasteiger charge is 2.25. The van der Waals surface area contributed by atoms with Gasteiger partial charge in [-0.15, -0.1) is 0 Å². The van der Waals surface area contributed by atoms with Crippen LogP contribution in [0.25, 0.3) is 0 Å². The number of nitrogens with zero attached hydrogens (tertiary/aromatic N) is 1. The van der Waals surface area contributed by atoms with E-state index < -0.39 is 0 Å². The molecule has 0 rings (SSSR count). The normalized spacial score (nSPS) is 12.7. The molecule has 0 saturated carbocycles. The van der Waals surface area contributed by atoms with E-state index in [9.17, 15) is 0 Å². The van der Waals surface area contributed by atoms with Crippen molar-refractivity contribution < 1.29 is 5.84 Å². The summed E-state index contributed by atoms with van der Waals surface area (Å²) < 4.78 is 0. The first-order valence-electron chi connectivity index (χ1n) is 3.42. The smallest absolute Gasteiger partial charge is 0.0825 e. The molecule has 0 radical (unpaired) electrons. The third-order valence-electron chi connectivity index (χ3n) is 2.22. The van der Waals surface area contributed by atoms with Crippen LogP contribution in [0.4, 0.5) is 0 Å². The van der Waals surface area contributed by atoms with E-state index in [2.05, 4.69) is 26.6 Å². The molecule has 0 heterocycles. The van der Waals surface area contributed by atoms with Gasteiger partial charge in [0.25, 0.3) is 0 Å². The summed E-state index contributed by atoms with van der Waals surface area (Å²) in [6.45, 7) is 6.35. The Labute approximate surface area is 56.9 Å². The van der Waals surface area contributed by atoms with Crippen molar-refractivity contribution >= 4 is 0 Å². The van der Waals surface area contributed by atoms with Crippen LogP contribution in [0.1, 0.15) is 33.6 Å². The van der Waals surface area contributed by atoms with Crippen molar-refractivity contribution in [3.63, 3.8) is 0 Å². The number of rotatable bonds is 3. The molecule has 0 fully saturated rings. The zero-order valence-corrected chi connectivity index (χ0v) is 6.65. The van der Waals surface area contributed by atoms with Crippen LogP contribution < -0.4 is 11.7 Å². The molecule has 56 valence electrons. The summed E-state index contributed by atoms with van der Waals surface area (Å²) in [5.74, 6) is 9.18. The van der Waals surface area contributed by atoms with Crippen molar-refractivity contribution in [3.8, 4) is 0 Å². The molecule has 0 spiro atoms. The first-order valence-corrected chi connectivity index (χ1v) is 3.42. The molecular formula is C6H18N3+. The molecule has 3 nitrogen and oxygen atoms in total. The standard InChI is InChI=1S/C6H17N3/c1-4-6(3,5-2)9(7)8/h4-5,7-8H2,1-3H3/p+1. The van der Waals surface area contributed by atoms with Crippen LogP contribution in [0.5, 0.6) is 0 Å². The Balaban J connectivity index is 3.92. The van der Waals surface area contributed by atoms with Crippen LogP contribution >= 0.6 is 0 Å². The summed E-state index contributed by atoms with van der Waals surface area (Å²) >= 11 is 0. The van der Waals surface area contributed by atoms with Gasteiger partial charge in [0, 0.05) is 0 Å². The molecule has 0 aromatic carbocycles. The van der Waals surface area contributed by atoms with Crippen LogP contribution in [0.15, 0.2) is 0 Å². The van der Waals surface area contributed by atoms with E-state index in [4.69, 9.17) is 5.84 Å². The fourth-order valence-corrected chi connectivity index (χ4v) is 0.656. The van der Waals surface area contributed by atoms with Gasteiger partial charge >= 0.3 is 0 Å². The Kier molecular flexibility index (Phi) is 3.11. The Hall–Kier alpha value is -0.120. The van der Waals surface area contributed by atoms with Gasteiger partial charge in [-0.3, -0.25) is 5.84 Å². The maximum absolute atomic E-state index is 5.51. The largest absolute Gasteiger partial charge is 0.263 e. The molecule has 0 aliphatic carbocycles. The molecule has 9 heavy (non-hydrogen) atoms. The number of hydrazine groups is 1. The lowest BCUT2D eigenvalue weighted by molar-refractivity contribution is -0.603. The van der Waals surface area contributed by atoms with E-state index in [1.54, 1.807) is 5.12 Å². The molecule has 0 atom stereocenters. The van der Waals surface area contributed by atoms with Crippen molar-refractivity contribution in [2.45, 2.75) is 39.2 Å². The molecule has 0 aromatic rings. The summed E-state index contributed by atoms with van der Waals surface area (Å²) in [4.78, 5) is 0. The van der Waals surface area contributed by atoms with Gasteiger partial charge < -0.3 is 0 Å². The molecular weight excluding hydrogens is 114 g/mol. The second-order valence-electron chi connectivity index (χ2n) is 2.67. The van der Waals surface area contributed by atoms with Crippen molar-refractivity contribution in [1.29, 1.82) is 0 Å². The number of hydrogen-bond acceptors (Lipinski definition) is 2. The zero-order chi connectivity index (χ0) is 7.49. The van der Waals surface area contributed by atoms with Crippen LogP contribution in [0, 0.1) is 0 Å². The first kappa shape index (κ1) is 8.88. The SMILES string of the molecule is CCC(C)(CC)N(N)[NH3+]. The summed E-state index contributed by atoms with van der Waals surface area (Å²) in [7, 11) is 0. The van der Waals surface area contributed by atoms with Crippen LogP contribution in [0.3, 0.4) is 0 Å². The van der Waals surface area contributed by atoms with Crippen molar-refractivity contribution in [1.82, 2.24) is 5.12 Å². The Morgan fingerprint density at radius 2 is 1.78 bits per heavy atom. The van der Waals surface area contributed by atoms with Crippen LogP contribution in [0.2, 0.25) is 0 Å². The Bertz CT molecular complexity index is 76.4. The molecule has 0 amide bonds. The molecule has 5 N–H and O–H groups in total. The minimum absolute atomic E-state index is 0.0833. The zero-order valence-electron chi connectivity index (χ0n) is 6.65. The molecule has 0 bridgehead atoms. The fraction of sp³-hybridized carbons (Fsp3) is 1.00. The lowest BCUT2D eigenvalue weighted by Gasteiger charge is -2.29. The number of quaternary nitrogens is 1. The lowest BCUT2D eigenvalue weighted by atomic mass is 9.96. The van der Waals surface area contributed by atoms with Gasteiger partial charge in [0.2, 0.25) is 0 Å². The summed E-state index contributed by atoms with van der Waals surface area (Å²) in [6, 6.07) is 0. The van der Waals surface area contributed by atoms with Crippen molar-refractivity contribution in [3.05, 3.63) is 0 Å². The van der Waals surface area contributed by atoms with Crippen LogP contribution in [-0.2, 0) is 0 Å². The van der Waals surface area contributed by atoms with E-state index in [1.165, 1.54) is 0 Å². The predicted molar refractivity (Wildman–Crippen MR) is 37.9 cm³/mol. The van der Waals surface area contributed by atoms with Crippen molar-refractivity contribution in [2.24, 2.45) is 5.84 Å². The first-order chi connectivity index (χ1) is 4.06. The van der Waals surface area contributed by atoms with Crippen LogP contribution in [-0.4, -0.2) is 10.7 Å². The van der Waals surface area contributed by atoms with E-state index in [-0.39, 0.29) is 5.54 Å². The Morgan fingerprint density at radius 1 is 1.44 bits per heavy atom. The van der Waals surface area contributed by atoms with Gasteiger partial charge in [-0.25, -0.2) is 5.84 Å². The molecule has 0 saturated heterocycles. The number of nitrogens with two attached hydrogens (primary N) is 1. The molecule has 3 heteroatoms. The summed E-state index contributed by atoms with van der Waals surface area (Å²) in [5, 5.41) is 1.55. The highest BCUT2D eigenvalue weighted by atomic mass is 15.6. The van der Waals surface area contributed by atoms with Gasteiger partial charge in [0.05, 0.1) is 5.54 Å². The van der Waals surface area contributed by atoms with E-state index in [1.807, 2.05) is 0 Å². The van der Waals surface area contributed by atoms with E-state index >= 15 is 0 Å². The van der Waals surface area contributed by atoms with Gasteiger partial charge in [-0.2, -0.15) is 0 Å². The topological polar surface area (TPSA) is 56.9 Å². The minimum atomic E-state index is 0.0833. The van der Waals surface area contributed by atoms with Gasteiger partial charge in [-0.1, -0.05) is 19.0 Å². The second-order valence-corrected chi connectivity index (χ2v) is 2.67. The summed E-state index contributed by atoms with van der Waals surface area (Å²) in [5.41, 5.74) is 0.0833.